The fourth-order valence-electron chi connectivity index (χ4n) is 1.92. The summed E-state index contributed by atoms with van der Waals surface area (Å²) < 4.78 is 7.00. The Hall–Kier alpha value is -1.52. The summed E-state index contributed by atoms with van der Waals surface area (Å²) in [6, 6.07) is 8.23. The summed E-state index contributed by atoms with van der Waals surface area (Å²) in [5.74, 6) is 0.771. The maximum Gasteiger partial charge on any atom is 0.121 e. The lowest BCUT2D eigenvalue weighted by atomic mass is 10.3. The van der Waals surface area contributed by atoms with Crippen LogP contribution in [0.1, 0.15) is 18.5 Å². The van der Waals surface area contributed by atoms with Crippen molar-refractivity contribution < 1.29 is 4.74 Å². The summed E-state index contributed by atoms with van der Waals surface area (Å²) in [6.45, 7) is 0.805. The van der Waals surface area contributed by atoms with Gasteiger partial charge < -0.3 is 10.1 Å². The molecule has 0 atom stereocenters. The Morgan fingerprint density at radius 3 is 3.00 bits per heavy atom. The molecular formula is C14H16ClN3O. The molecule has 1 saturated carbocycles. The van der Waals surface area contributed by atoms with E-state index in [0.717, 1.165) is 23.7 Å². The van der Waals surface area contributed by atoms with Gasteiger partial charge in [-0.2, -0.15) is 5.10 Å². The van der Waals surface area contributed by atoms with Gasteiger partial charge in [0.2, 0.25) is 0 Å². The second kappa shape index (κ2) is 5.23. The first-order chi connectivity index (χ1) is 9.26. The first kappa shape index (κ1) is 12.5. The molecule has 0 bridgehead atoms. The number of aromatic nitrogens is 2. The van der Waals surface area contributed by atoms with Crippen LogP contribution in [0, 0.1) is 0 Å². The van der Waals surface area contributed by atoms with Crippen molar-refractivity contribution in [3.63, 3.8) is 0 Å². The topological polar surface area (TPSA) is 39.1 Å². The minimum atomic E-state index is 0.658. The zero-order chi connectivity index (χ0) is 13.2. The molecule has 0 spiro atoms. The summed E-state index contributed by atoms with van der Waals surface area (Å²) in [5.41, 5.74) is 1.85. The third-order valence-electron chi connectivity index (χ3n) is 3.19. The van der Waals surface area contributed by atoms with E-state index in [-0.39, 0.29) is 0 Å². The van der Waals surface area contributed by atoms with Crippen LogP contribution in [-0.2, 0) is 6.54 Å². The maximum absolute atomic E-state index is 6.20. The molecule has 0 aliphatic heterocycles. The average Bonchev–Trinajstić information content (AvgIpc) is 3.15. The van der Waals surface area contributed by atoms with Gasteiger partial charge in [0, 0.05) is 24.8 Å². The largest absolute Gasteiger partial charge is 0.497 e. The van der Waals surface area contributed by atoms with E-state index in [4.69, 9.17) is 16.3 Å². The number of hydrogen-bond acceptors (Lipinski definition) is 3. The highest BCUT2D eigenvalue weighted by atomic mass is 35.5. The van der Waals surface area contributed by atoms with Crippen LogP contribution in [0.3, 0.4) is 0 Å². The van der Waals surface area contributed by atoms with Crippen molar-refractivity contribution in [1.29, 1.82) is 0 Å². The van der Waals surface area contributed by atoms with Crippen molar-refractivity contribution >= 4 is 11.6 Å². The van der Waals surface area contributed by atoms with Gasteiger partial charge in [0.15, 0.2) is 0 Å². The highest BCUT2D eigenvalue weighted by Crippen LogP contribution is 2.25. The fraction of sp³-hybridized carbons (Fsp3) is 0.357. The van der Waals surface area contributed by atoms with Crippen LogP contribution in [0.15, 0.2) is 30.5 Å². The van der Waals surface area contributed by atoms with Gasteiger partial charge in [-0.15, -0.1) is 0 Å². The van der Waals surface area contributed by atoms with Gasteiger partial charge in [-0.3, -0.25) is 0 Å². The van der Waals surface area contributed by atoms with Gasteiger partial charge in [0.25, 0.3) is 0 Å². The number of nitrogens with zero attached hydrogens (tertiary/aromatic N) is 2. The van der Waals surface area contributed by atoms with Crippen molar-refractivity contribution in [2.45, 2.75) is 25.4 Å². The number of halogens is 1. The van der Waals surface area contributed by atoms with Gasteiger partial charge in [-0.05, 0) is 31.0 Å². The molecule has 1 aliphatic carbocycles. The third kappa shape index (κ3) is 2.91. The summed E-state index contributed by atoms with van der Waals surface area (Å²) in [7, 11) is 1.64. The highest BCUT2D eigenvalue weighted by molar-refractivity contribution is 6.32. The van der Waals surface area contributed by atoms with Crippen molar-refractivity contribution in [2.24, 2.45) is 0 Å². The van der Waals surface area contributed by atoms with Crippen LogP contribution >= 0.6 is 11.6 Å². The van der Waals surface area contributed by atoms with Crippen LogP contribution in [0.2, 0.25) is 5.02 Å². The quantitative estimate of drug-likeness (QED) is 0.913. The molecule has 1 aliphatic rings. The Balaban J connectivity index is 1.80. The lowest BCUT2D eigenvalue weighted by Crippen LogP contribution is -2.15. The molecular weight excluding hydrogens is 262 g/mol. The Bertz CT molecular complexity index is 578. The Labute approximate surface area is 117 Å². The van der Waals surface area contributed by atoms with Crippen LogP contribution in [0.4, 0.5) is 0 Å². The number of benzene rings is 1. The molecule has 0 unspecified atom stereocenters. The van der Waals surface area contributed by atoms with Gasteiger partial charge in [0.1, 0.15) is 5.75 Å². The first-order valence-corrected chi connectivity index (χ1v) is 6.76. The molecule has 0 amide bonds. The van der Waals surface area contributed by atoms with Crippen LogP contribution in [0.25, 0.3) is 5.69 Å². The Morgan fingerprint density at radius 2 is 2.26 bits per heavy atom. The SMILES string of the molecule is COc1ccc(Cl)c(-n2ccc(CNC3CC3)n2)c1. The minimum absolute atomic E-state index is 0.658. The van der Waals surface area contributed by atoms with Crippen molar-refractivity contribution in [1.82, 2.24) is 15.1 Å². The van der Waals surface area contributed by atoms with Gasteiger partial charge in [-0.25, -0.2) is 4.68 Å². The van der Waals surface area contributed by atoms with E-state index in [1.807, 2.05) is 30.5 Å². The standard InChI is InChI=1S/C14H16ClN3O/c1-19-12-4-5-13(15)14(8-12)18-7-6-11(17-18)9-16-10-2-3-10/h4-8,10,16H,2-3,9H2,1H3. The number of ether oxygens (including phenoxy) is 1. The summed E-state index contributed by atoms with van der Waals surface area (Å²) in [5, 5.41) is 8.63. The highest BCUT2D eigenvalue weighted by Gasteiger charge is 2.20. The molecule has 0 radical (unpaired) electrons. The molecule has 1 aromatic carbocycles. The summed E-state index contributed by atoms with van der Waals surface area (Å²) in [4.78, 5) is 0. The smallest absolute Gasteiger partial charge is 0.121 e. The van der Waals surface area contributed by atoms with Crippen LogP contribution < -0.4 is 10.1 Å². The molecule has 0 saturated heterocycles. The lowest BCUT2D eigenvalue weighted by Gasteiger charge is -2.07. The van der Waals surface area contributed by atoms with Crippen molar-refractivity contribution in [3.05, 3.63) is 41.2 Å². The van der Waals surface area contributed by atoms with E-state index in [9.17, 15) is 0 Å². The molecule has 3 rings (SSSR count). The zero-order valence-electron chi connectivity index (χ0n) is 10.8. The Kier molecular flexibility index (Phi) is 3.44. The number of hydrogen-bond donors (Lipinski definition) is 1. The molecule has 1 heterocycles. The van der Waals surface area contributed by atoms with E-state index in [1.165, 1.54) is 12.8 Å². The average molecular weight is 278 g/mol. The van der Waals surface area contributed by atoms with Crippen LogP contribution in [0.5, 0.6) is 5.75 Å². The number of methoxy groups -OCH3 is 1. The van der Waals surface area contributed by atoms with Crippen molar-refractivity contribution in [2.75, 3.05) is 7.11 Å². The minimum Gasteiger partial charge on any atom is -0.497 e. The van der Waals surface area contributed by atoms with Crippen molar-refractivity contribution in [3.8, 4) is 11.4 Å². The molecule has 2 aromatic rings. The fourth-order valence-corrected chi connectivity index (χ4v) is 2.13. The zero-order valence-corrected chi connectivity index (χ0v) is 11.5. The molecule has 19 heavy (non-hydrogen) atoms. The molecule has 1 aromatic heterocycles. The number of nitrogens with one attached hydrogen (secondary N) is 1. The molecule has 1 N–H and O–H groups in total. The Morgan fingerprint density at radius 1 is 1.42 bits per heavy atom. The number of rotatable bonds is 5. The third-order valence-corrected chi connectivity index (χ3v) is 3.51. The second-order valence-corrected chi connectivity index (χ2v) is 5.13. The van der Waals surface area contributed by atoms with E-state index in [2.05, 4.69) is 10.4 Å². The predicted molar refractivity (Wildman–Crippen MR) is 75.0 cm³/mol. The second-order valence-electron chi connectivity index (χ2n) is 4.72. The molecule has 5 heteroatoms. The summed E-state index contributed by atoms with van der Waals surface area (Å²) in [6.07, 6.45) is 4.48. The van der Waals surface area contributed by atoms with Crippen LogP contribution in [-0.4, -0.2) is 22.9 Å². The van der Waals surface area contributed by atoms with Gasteiger partial charge in [0.05, 0.1) is 23.5 Å². The van der Waals surface area contributed by atoms with E-state index < -0.39 is 0 Å². The first-order valence-electron chi connectivity index (χ1n) is 6.38. The normalized spacial score (nSPS) is 14.6. The van der Waals surface area contributed by atoms with E-state index >= 15 is 0 Å². The lowest BCUT2D eigenvalue weighted by molar-refractivity contribution is 0.414. The molecule has 100 valence electrons. The van der Waals surface area contributed by atoms with E-state index in [0.29, 0.717) is 11.1 Å². The molecule has 1 fully saturated rings. The van der Waals surface area contributed by atoms with Gasteiger partial charge in [-0.1, -0.05) is 11.6 Å². The monoisotopic (exact) mass is 277 g/mol. The molecule has 4 nitrogen and oxygen atoms in total. The van der Waals surface area contributed by atoms with E-state index in [1.54, 1.807) is 11.8 Å². The summed E-state index contributed by atoms with van der Waals surface area (Å²) >= 11 is 6.20. The predicted octanol–water partition coefficient (Wildman–Crippen LogP) is 2.79. The van der Waals surface area contributed by atoms with Gasteiger partial charge >= 0.3 is 0 Å². The maximum atomic E-state index is 6.20.